The highest BCUT2D eigenvalue weighted by molar-refractivity contribution is 6.34. The highest BCUT2D eigenvalue weighted by Gasteiger charge is 2.19. The number of carboxylic acids is 1. The normalized spacial score (nSPS) is 11.6. The van der Waals surface area contributed by atoms with Crippen LogP contribution in [0.4, 0.5) is 0 Å². The Kier molecular flexibility index (Phi) is 6.82. The van der Waals surface area contributed by atoms with E-state index in [1.165, 1.54) is 36.5 Å². The van der Waals surface area contributed by atoms with Gasteiger partial charge in [0.15, 0.2) is 0 Å². The number of nitrogens with one attached hydrogen (secondary N) is 1. The van der Waals surface area contributed by atoms with Gasteiger partial charge in [0, 0.05) is 16.2 Å². The van der Waals surface area contributed by atoms with Crippen LogP contribution >= 0.6 is 34.8 Å². The summed E-state index contributed by atoms with van der Waals surface area (Å²) >= 11 is 18.0. The molecule has 0 aliphatic rings. The Morgan fingerprint density at radius 2 is 1.63 bits per heavy atom. The van der Waals surface area contributed by atoms with Crippen LogP contribution in [0.15, 0.2) is 54.7 Å². The first-order chi connectivity index (χ1) is 14.2. The minimum atomic E-state index is -1.02. The van der Waals surface area contributed by atoms with Crippen molar-refractivity contribution in [3.8, 4) is 11.6 Å². The SMILES string of the molecule is CC(NC(=O)c1cc(Cl)cnc1Oc1cc(Cl)cc(Cl)c1)c1ccc(C(=O)O)cc1. The molecule has 3 aromatic rings. The van der Waals surface area contributed by atoms with Crippen LogP contribution in [0.2, 0.25) is 15.1 Å². The average molecular weight is 466 g/mol. The first-order valence-electron chi connectivity index (χ1n) is 8.66. The molecule has 9 heteroatoms. The van der Waals surface area contributed by atoms with Crippen LogP contribution in [0.5, 0.6) is 11.6 Å². The molecule has 1 aromatic heterocycles. The molecule has 154 valence electrons. The van der Waals surface area contributed by atoms with E-state index in [4.69, 9.17) is 44.6 Å². The Hall–Kier alpha value is -2.80. The molecule has 2 N–H and O–H groups in total. The summed E-state index contributed by atoms with van der Waals surface area (Å²) in [5.41, 5.74) is 1.01. The van der Waals surface area contributed by atoms with Gasteiger partial charge < -0.3 is 15.2 Å². The summed E-state index contributed by atoms with van der Waals surface area (Å²) in [6.45, 7) is 1.77. The van der Waals surface area contributed by atoms with E-state index in [2.05, 4.69) is 10.3 Å². The first kappa shape index (κ1) is 21.9. The van der Waals surface area contributed by atoms with Gasteiger partial charge in [0.2, 0.25) is 5.88 Å². The third kappa shape index (κ3) is 5.42. The largest absolute Gasteiger partial charge is 0.478 e. The van der Waals surface area contributed by atoms with Gasteiger partial charge in [-0.05, 0) is 48.9 Å². The predicted molar refractivity (Wildman–Crippen MR) is 115 cm³/mol. The number of amides is 1. The van der Waals surface area contributed by atoms with Gasteiger partial charge in [-0.3, -0.25) is 4.79 Å². The summed E-state index contributed by atoms with van der Waals surface area (Å²) in [4.78, 5) is 27.9. The molecule has 1 unspecified atom stereocenters. The smallest absolute Gasteiger partial charge is 0.335 e. The van der Waals surface area contributed by atoms with E-state index in [9.17, 15) is 9.59 Å². The molecule has 0 radical (unpaired) electrons. The topological polar surface area (TPSA) is 88.5 Å². The number of halogens is 3. The molecule has 0 fully saturated rings. The van der Waals surface area contributed by atoms with Crippen molar-refractivity contribution in [3.05, 3.63) is 86.5 Å². The molecule has 0 spiro atoms. The highest BCUT2D eigenvalue weighted by Crippen LogP contribution is 2.30. The molecular formula is C21H15Cl3N2O4. The van der Waals surface area contributed by atoms with Crippen molar-refractivity contribution >= 4 is 46.7 Å². The Bertz CT molecular complexity index is 1080. The van der Waals surface area contributed by atoms with E-state index < -0.39 is 17.9 Å². The predicted octanol–water partition coefficient (Wildman–Crippen LogP) is 6.02. The number of pyridine rings is 1. The van der Waals surface area contributed by atoms with Gasteiger partial charge in [-0.2, -0.15) is 0 Å². The van der Waals surface area contributed by atoms with E-state index in [-0.39, 0.29) is 22.0 Å². The zero-order chi connectivity index (χ0) is 21.8. The third-order valence-corrected chi connectivity index (χ3v) is 4.76. The van der Waals surface area contributed by atoms with Crippen molar-refractivity contribution in [2.45, 2.75) is 13.0 Å². The number of aromatic carboxylic acids is 1. The first-order valence-corrected chi connectivity index (χ1v) is 9.80. The lowest BCUT2D eigenvalue weighted by Crippen LogP contribution is -2.27. The number of ether oxygens (including phenoxy) is 1. The minimum Gasteiger partial charge on any atom is -0.478 e. The maximum Gasteiger partial charge on any atom is 0.335 e. The summed E-state index contributed by atoms with van der Waals surface area (Å²) in [5, 5.41) is 12.8. The number of hydrogen-bond acceptors (Lipinski definition) is 4. The minimum absolute atomic E-state index is 0.0312. The molecular weight excluding hydrogens is 451 g/mol. The number of nitrogens with zero attached hydrogens (tertiary/aromatic N) is 1. The van der Waals surface area contributed by atoms with Crippen molar-refractivity contribution in [2.75, 3.05) is 0 Å². The van der Waals surface area contributed by atoms with E-state index in [0.717, 1.165) is 5.56 Å². The second kappa shape index (κ2) is 9.34. The van der Waals surface area contributed by atoms with Crippen LogP contribution in [0.1, 0.15) is 39.2 Å². The molecule has 0 aliphatic carbocycles. The summed E-state index contributed by atoms with van der Waals surface area (Å²) < 4.78 is 5.71. The van der Waals surface area contributed by atoms with E-state index in [1.54, 1.807) is 25.1 Å². The number of hydrogen-bond donors (Lipinski definition) is 2. The quantitative estimate of drug-likeness (QED) is 0.464. The van der Waals surface area contributed by atoms with Gasteiger partial charge in [-0.25, -0.2) is 9.78 Å². The molecule has 2 aromatic carbocycles. The Labute approximate surface area is 187 Å². The monoisotopic (exact) mass is 464 g/mol. The number of carboxylic acid groups (broad SMARTS) is 1. The second-order valence-corrected chi connectivity index (χ2v) is 7.65. The van der Waals surface area contributed by atoms with Crippen LogP contribution < -0.4 is 10.1 Å². The van der Waals surface area contributed by atoms with Crippen molar-refractivity contribution < 1.29 is 19.4 Å². The van der Waals surface area contributed by atoms with Crippen LogP contribution in [-0.4, -0.2) is 22.0 Å². The lowest BCUT2D eigenvalue weighted by atomic mass is 10.1. The molecule has 30 heavy (non-hydrogen) atoms. The van der Waals surface area contributed by atoms with Crippen molar-refractivity contribution in [1.82, 2.24) is 10.3 Å². The third-order valence-electron chi connectivity index (χ3n) is 4.12. The van der Waals surface area contributed by atoms with Crippen LogP contribution in [-0.2, 0) is 0 Å². The Morgan fingerprint density at radius 1 is 1.00 bits per heavy atom. The van der Waals surface area contributed by atoms with Crippen LogP contribution in [0.3, 0.4) is 0 Å². The lowest BCUT2D eigenvalue weighted by Gasteiger charge is -2.16. The Morgan fingerprint density at radius 3 is 2.23 bits per heavy atom. The summed E-state index contributed by atoms with van der Waals surface area (Å²) in [7, 11) is 0. The van der Waals surface area contributed by atoms with Crippen molar-refractivity contribution in [2.24, 2.45) is 0 Å². The van der Waals surface area contributed by atoms with E-state index in [0.29, 0.717) is 15.8 Å². The fraction of sp³-hybridized carbons (Fsp3) is 0.0952. The zero-order valence-electron chi connectivity index (χ0n) is 15.5. The van der Waals surface area contributed by atoms with Gasteiger partial charge in [0.05, 0.1) is 16.6 Å². The number of benzene rings is 2. The molecule has 1 atom stereocenters. The maximum absolute atomic E-state index is 12.9. The number of rotatable bonds is 6. The highest BCUT2D eigenvalue weighted by atomic mass is 35.5. The molecule has 0 aliphatic heterocycles. The average Bonchev–Trinajstić information content (AvgIpc) is 2.68. The summed E-state index contributed by atoms with van der Waals surface area (Å²) in [6, 6.07) is 11.9. The number of carbonyl (C=O) groups is 2. The van der Waals surface area contributed by atoms with Crippen LogP contribution in [0, 0.1) is 0 Å². The van der Waals surface area contributed by atoms with Gasteiger partial charge >= 0.3 is 5.97 Å². The number of carbonyl (C=O) groups excluding carboxylic acids is 1. The molecule has 3 rings (SSSR count). The van der Waals surface area contributed by atoms with Gasteiger partial charge in [-0.1, -0.05) is 46.9 Å². The fourth-order valence-corrected chi connectivity index (χ4v) is 3.31. The van der Waals surface area contributed by atoms with Gasteiger partial charge in [-0.15, -0.1) is 0 Å². The zero-order valence-corrected chi connectivity index (χ0v) is 17.8. The van der Waals surface area contributed by atoms with E-state index in [1.807, 2.05) is 0 Å². The standard InChI is InChI=1S/C21H15Cl3N2O4/c1-11(12-2-4-13(5-3-12)21(28)29)26-19(27)18-9-16(24)10-25-20(18)30-17-7-14(22)6-15(23)8-17/h2-11H,1H3,(H,26,27)(H,28,29). The second-order valence-electron chi connectivity index (χ2n) is 6.34. The molecule has 6 nitrogen and oxygen atoms in total. The molecule has 0 saturated carbocycles. The molecule has 1 heterocycles. The fourth-order valence-electron chi connectivity index (χ4n) is 2.64. The Balaban J connectivity index is 1.82. The van der Waals surface area contributed by atoms with Crippen molar-refractivity contribution in [1.29, 1.82) is 0 Å². The molecule has 0 bridgehead atoms. The van der Waals surface area contributed by atoms with Crippen molar-refractivity contribution in [3.63, 3.8) is 0 Å². The summed E-state index contributed by atoms with van der Waals surface area (Å²) in [5.74, 6) is -1.15. The van der Waals surface area contributed by atoms with Crippen LogP contribution in [0.25, 0.3) is 0 Å². The van der Waals surface area contributed by atoms with Gasteiger partial charge in [0.1, 0.15) is 11.3 Å². The van der Waals surface area contributed by atoms with E-state index >= 15 is 0 Å². The summed E-state index contributed by atoms with van der Waals surface area (Å²) in [6.07, 6.45) is 1.36. The molecule has 1 amide bonds. The van der Waals surface area contributed by atoms with Gasteiger partial charge in [0.25, 0.3) is 5.91 Å². The number of aromatic nitrogens is 1. The maximum atomic E-state index is 12.9. The molecule has 0 saturated heterocycles. The lowest BCUT2D eigenvalue weighted by molar-refractivity contribution is 0.0696.